The molecule has 0 spiro atoms. The lowest BCUT2D eigenvalue weighted by Crippen LogP contribution is -2.24. The van der Waals surface area contributed by atoms with Crippen molar-refractivity contribution in [2.24, 2.45) is 11.8 Å². The van der Waals surface area contributed by atoms with Gasteiger partial charge in [-0.1, -0.05) is 31.2 Å². The Hall–Kier alpha value is -2.19. The van der Waals surface area contributed by atoms with Gasteiger partial charge in [0.2, 0.25) is 0 Å². The number of hydrogen-bond donors (Lipinski definition) is 2. The zero-order valence-electron chi connectivity index (χ0n) is 20.3. The quantitative estimate of drug-likeness (QED) is 0.173. The summed E-state index contributed by atoms with van der Waals surface area (Å²) in [7, 11) is 1.37. The van der Waals surface area contributed by atoms with Crippen LogP contribution < -0.4 is 0 Å². The maximum atomic E-state index is 11.5. The predicted molar refractivity (Wildman–Crippen MR) is 123 cm³/mol. The molecular formula is C25H40O8. The highest BCUT2D eigenvalue weighted by Gasteiger charge is 2.42. The second kappa shape index (κ2) is 15.6. The topological polar surface area (TPSA) is 119 Å². The van der Waals surface area contributed by atoms with Crippen molar-refractivity contribution in [2.45, 2.75) is 96.6 Å². The largest absolute Gasteiger partial charge is 0.469 e. The first-order valence-corrected chi connectivity index (χ1v) is 11.8. The minimum atomic E-state index is -0.736. The van der Waals surface area contributed by atoms with Gasteiger partial charge in [-0.3, -0.25) is 14.4 Å². The highest BCUT2D eigenvalue weighted by atomic mass is 16.5. The van der Waals surface area contributed by atoms with E-state index in [9.17, 15) is 24.6 Å². The number of aliphatic hydroxyl groups is 2. The Balaban J connectivity index is 2.70. The summed E-state index contributed by atoms with van der Waals surface area (Å²) in [6, 6.07) is 0. The third-order valence-electron chi connectivity index (χ3n) is 5.89. The first-order chi connectivity index (χ1) is 15.7. The third kappa shape index (κ3) is 11.5. The highest BCUT2D eigenvalue weighted by molar-refractivity contribution is 5.69. The van der Waals surface area contributed by atoms with Crippen LogP contribution in [-0.4, -0.2) is 59.6 Å². The minimum Gasteiger partial charge on any atom is -0.469 e. The van der Waals surface area contributed by atoms with Gasteiger partial charge >= 0.3 is 17.9 Å². The van der Waals surface area contributed by atoms with E-state index in [0.29, 0.717) is 44.9 Å². The van der Waals surface area contributed by atoms with Crippen molar-refractivity contribution >= 4 is 17.9 Å². The highest BCUT2D eigenvalue weighted by Crippen LogP contribution is 2.38. The van der Waals surface area contributed by atoms with E-state index in [-0.39, 0.29) is 29.9 Å². The van der Waals surface area contributed by atoms with Gasteiger partial charge < -0.3 is 24.4 Å². The predicted octanol–water partition coefficient (Wildman–Crippen LogP) is 3.24. The van der Waals surface area contributed by atoms with Gasteiger partial charge in [-0.2, -0.15) is 0 Å². The molecule has 0 aliphatic heterocycles. The Morgan fingerprint density at radius 2 is 1.85 bits per heavy atom. The molecule has 1 saturated carbocycles. The second-order valence-corrected chi connectivity index (χ2v) is 8.54. The fraction of sp³-hybridized carbons (Fsp3) is 0.720. The standard InChI is InChI=1S/C25H40O8/c1-5-20(32-17(2)26)14-12-19(28)13-15-22-21(23(29)16-24(22)33-18(3)27)10-8-6-7-9-11-25(30)31-4/h6,8,13,15,19-24,28-29H,5,7,9-12,14,16H2,1-4H3/b8-6-,15-13+/t19-,20-,21+,22+,23-,24+/m0/s1. The average molecular weight is 469 g/mol. The molecule has 1 fully saturated rings. The van der Waals surface area contributed by atoms with E-state index < -0.39 is 24.3 Å². The number of aliphatic hydroxyl groups excluding tert-OH is 2. The van der Waals surface area contributed by atoms with E-state index in [0.717, 1.165) is 6.42 Å². The fourth-order valence-corrected chi connectivity index (χ4v) is 4.15. The summed E-state index contributed by atoms with van der Waals surface area (Å²) in [5.41, 5.74) is 0. The van der Waals surface area contributed by atoms with Gasteiger partial charge in [0.1, 0.15) is 12.2 Å². The Kier molecular flexibility index (Phi) is 13.6. The number of carbonyl (C=O) groups is 3. The number of methoxy groups -OCH3 is 1. The van der Waals surface area contributed by atoms with Crippen LogP contribution >= 0.6 is 0 Å². The van der Waals surface area contributed by atoms with Crippen LogP contribution in [0.4, 0.5) is 0 Å². The monoisotopic (exact) mass is 468 g/mol. The van der Waals surface area contributed by atoms with Crippen LogP contribution in [0.3, 0.4) is 0 Å². The molecule has 0 aromatic carbocycles. The lowest BCUT2D eigenvalue weighted by Gasteiger charge is -2.22. The molecule has 0 saturated heterocycles. The van der Waals surface area contributed by atoms with Crippen molar-refractivity contribution in [1.29, 1.82) is 0 Å². The second-order valence-electron chi connectivity index (χ2n) is 8.54. The molecule has 6 atom stereocenters. The lowest BCUT2D eigenvalue weighted by molar-refractivity contribution is -0.148. The van der Waals surface area contributed by atoms with Gasteiger partial charge in [0.25, 0.3) is 0 Å². The van der Waals surface area contributed by atoms with E-state index in [1.54, 1.807) is 6.08 Å². The molecule has 8 nitrogen and oxygen atoms in total. The zero-order chi connectivity index (χ0) is 24.8. The number of rotatable bonds is 14. The fourth-order valence-electron chi connectivity index (χ4n) is 4.15. The minimum absolute atomic E-state index is 0.154. The number of ether oxygens (including phenoxy) is 3. The smallest absolute Gasteiger partial charge is 0.305 e. The van der Waals surface area contributed by atoms with Crippen LogP contribution in [0.5, 0.6) is 0 Å². The summed E-state index contributed by atoms with van der Waals surface area (Å²) < 4.78 is 15.3. The van der Waals surface area contributed by atoms with E-state index in [2.05, 4.69) is 4.74 Å². The molecule has 2 N–H and O–H groups in total. The molecule has 8 heteroatoms. The summed E-state index contributed by atoms with van der Waals surface area (Å²) in [5.74, 6) is -1.36. The van der Waals surface area contributed by atoms with Crippen LogP contribution in [0.2, 0.25) is 0 Å². The summed E-state index contributed by atoms with van der Waals surface area (Å²) in [6.07, 6.45) is 9.76. The molecule has 1 rings (SSSR count). The van der Waals surface area contributed by atoms with E-state index in [1.807, 2.05) is 25.2 Å². The van der Waals surface area contributed by atoms with Gasteiger partial charge in [0.15, 0.2) is 0 Å². The van der Waals surface area contributed by atoms with Gasteiger partial charge in [-0.15, -0.1) is 0 Å². The van der Waals surface area contributed by atoms with Gasteiger partial charge in [-0.25, -0.2) is 0 Å². The Morgan fingerprint density at radius 1 is 1.12 bits per heavy atom. The summed E-state index contributed by atoms with van der Waals surface area (Å²) in [6.45, 7) is 4.64. The van der Waals surface area contributed by atoms with E-state index >= 15 is 0 Å². The van der Waals surface area contributed by atoms with Crippen LogP contribution in [0.15, 0.2) is 24.3 Å². The number of allylic oxidation sites excluding steroid dienone is 2. The molecule has 0 unspecified atom stereocenters. The van der Waals surface area contributed by atoms with Gasteiger partial charge in [0.05, 0.1) is 19.3 Å². The van der Waals surface area contributed by atoms with Crippen LogP contribution in [-0.2, 0) is 28.6 Å². The number of esters is 3. The van der Waals surface area contributed by atoms with Crippen molar-refractivity contribution in [2.75, 3.05) is 7.11 Å². The molecule has 0 aromatic heterocycles. The number of unbranched alkanes of at least 4 members (excludes halogenated alkanes) is 1. The van der Waals surface area contributed by atoms with Crippen molar-refractivity contribution < 1.29 is 38.8 Å². The molecule has 1 aliphatic carbocycles. The normalized spacial score (nSPS) is 24.7. The average Bonchev–Trinajstić information content (AvgIpc) is 3.04. The summed E-state index contributed by atoms with van der Waals surface area (Å²) >= 11 is 0. The van der Waals surface area contributed by atoms with Gasteiger partial charge in [0, 0.05) is 32.6 Å². The Morgan fingerprint density at radius 3 is 2.45 bits per heavy atom. The van der Waals surface area contributed by atoms with E-state index in [1.165, 1.54) is 21.0 Å². The van der Waals surface area contributed by atoms with Crippen LogP contribution in [0, 0.1) is 11.8 Å². The molecule has 33 heavy (non-hydrogen) atoms. The molecule has 0 amide bonds. The summed E-state index contributed by atoms with van der Waals surface area (Å²) in [4.78, 5) is 33.9. The molecule has 1 aliphatic rings. The van der Waals surface area contributed by atoms with Crippen molar-refractivity contribution in [3.63, 3.8) is 0 Å². The SMILES string of the molecule is CC[C@@H](CC[C@H](O)/C=C/[C@@H]1[C@@H](C/C=C\CCCC(=O)OC)[C@@H](O)C[C@H]1OC(C)=O)OC(C)=O. The van der Waals surface area contributed by atoms with Crippen molar-refractivity contribution in [1.82, 2.24) is 0 Å². The number of hydrogen-bond acceptors (Lipinski definition) is 8. The molecule has 0 aromatic rings. The summed E-state index contributed by atoms with van der Waals surface area (Å²) in [5, 5.41) is 21.0. The van der Waals surface area contributed by atoms with E-state index in [4.69, 9.17) is 9.47 Å². The van der Waals surface area contributed by atoms with Crippen molar-refractivity contribution in [3.8, 4) is 0 Å². The van der Waals surface area contributed by atoms with Crippen LogP contribution in [0.1, 0.15) is 72.1 Å². The lowest BCUT2D eigenvalue weighted by atomic mass is 9.89. The Bertz CT molecular complexity index is 671. The Labute approximate surface area is 197 Å². The van der Waals surface area contributed by atoms with Crippen molar-refractivity contribution in [3.05, 3.63) is 24.3 Å². The molecule has 0 radical (unpaired) electrons. The third-order valence-corrected chi connectivity index (χ3v) is 5.89. The van der Waals surface area contributed by atoms with Gasteiger partial charge in [-0.05, 0) is 44.4 Å². The number of carbonyl (C=O) groups excluding carboxylic acids is 3. The zero-order valence-corrected chi connectivity index (χ0v) is 20.3. The first kappa shape index (κ1) is 28.8. The molecular weight excluding hydrogens is 428 g/mol. The van der Waals surface area contributed by atoms with Crippen LogP contribution in [0.25, 0.3) is 0 Å². The maximum absolute atomic E-state index is 11.5. The molecule has 0 heterocycles. The first-order valence-electron chi connectivity index (χ1n) is 11.8. The molecule has 0 bridgehead atoms. The maximum Gasteiger partial charge on any atom is 0.305 e. The molecule has 188 valence electrons.